The van der Waals surface area contributed by atoms with Crippen molar-refractivity contribution < 1.29 is 13.6 Å². The Morgan fingerprint density at radius 3 is 2.20 bits per heavy atom. The molecule has 7 nitrogen and oxygen atoms in total. The van der Waals surface area contributed by atoms with Crippen molar-refractivity contribution in [3.05, 3.63) is 0 Å². The second kappa shape index (κ2) is 6.28. The van der Waals surface area contributed by atoms with Gasteiger partial charge in [0.2, 0.25) is 0 Å². The van der Waals surface area contributed by atoms with Crippen LogP contribution in [0.15, 0.2) is 5.16 Å². The highest BCUT2D eigenvalue weighted by atomic mass is 32.2. The number of oxime groups is 1. The van der Waals surface area contributed by atoms with E-state index in [1.807, 2.05) is 0 Å². The molecule has 0 amide bonds. The lowest BCUT2D eigenvalue weighted by Gasteiger charge is -2.34. The van der Waals surface area contributed by atoms with Gasteiger partial charge in [-0.3, -0.25) is 0 Å². The van der Waals surface area contributed by atoms with Crippen molar-refractivity contribution in [2.24, 2.45) is 10.9 Å². The molecule has 0 radical (unpaired) electrons. The van der Waals surface area contributed by atoms with Gasteiger partial charge in [-0.05, 0) is 25.7 Å². The molecule has 0 bridgehead atoms. The van der Waals surface area contributed by atoms with Crippen molar-refractivity contribution in [1.29, 1.82) is 0 Å². The van der Waals surface area contributed by atoms with E-state index in [2.05, 4.69) is 14.6 Å². The molecule has 8 heteroatoms. The van der Waals surface area contributed by atoms with Crippen LogP contribution < -0.4 is 15.2 Å². The van der Waals surface area contributed by atoms with Gasteiger partial charge < -0.3 is 10.9 Å². The van der Waals surface area contributed by atoms with E-state index in [0.717, 1.165) is 44.9 Å². The maximum Gasteiger partial charge on any atom is 0.278 e. The van der Waals surface area contributed by atoms with Gasteiger partial charge >= 0.3 is 0 Å². The Hall–Kier alpha value is -0.860. The SMILES string of the molecule is NC(=NO)C1(NS(=O)(=O)NC2CC2)CCCCCCC1. The molecule has 2 aliphatic carbocycles. The summed E-state index contributed by atoms with van der Waals surface area (Å²) in [5.74, 6) is -0.0411. The largest absolute Gasteiger partial charge is 0.409 e. The van der Waals surface area contributed by atoms with E-state index in [9.17, 15) is 8.42 Å². The van der Waals surface area contributed by atoms with E-state index in [1.54, 1.807) is 0 Å². The predicted octanol–water partition coefficient (Wildman–Crippen LogP) is 0.802. The van der Waals surface area contributed by atoms with Crippen molar-refractivity contribution in [3.63, 3.8) is 0 Å². The summed E-state index contributed by atoms with van der Waals surface area (Å²) >= 11 is 0. The fraction of sp³-hybridized carbons (Fsp3) is 0.917. The topological polar surface area (TPSA) is 117 Å². The molecular formula is C12H24N4O3S. The highest BCUT2D eigenvalue weighted by Gasteiger charge is 2.40. The van der Waals surface area contributed by atoms with Crippen LogP contribution in [0.3, 0.4) is 0 Å². The molecule has 0 aromatic rings. The van der Waals surface area contributed by atoms with Crippen LogP contribution in [-0.4, -0.2) is 31.0 Å². The average molecular weight is 304 g/mol. The molecule has 0 aromatic carbocycles. The van der Waals surface area contributed by atoms with Crippen molar-refractivity contribution >= 4 is 16.0 Å². The van der Waals surface area contributed by atoms with Crippen LogP contribution in [0.4, 0.5) is 0 Å². The van der Waals surface area contributed by atoms with Crippen LogP contribution in [-0.2, 0) is 10.2 Å². The first-order valence-electron chi connectivity index (χ1n) is 7.27. The minimum absolute atomic E-state index is 0.0328. The number of nitrogens with zero attached hydrogens (tertiary/aromatic N) is 1. The first-order valence-corrected chi connectivity index (χ1v) is 8.75. The van der Waals surface area contributed by atoms with Crippen LogP contribution >= 0.6 is 0 Å². The number of amidine groups is 1. The van der Waals surface area contributed by atoms with Gasteiger partial charge in [0.1, 0.15) is 0 Å². The van der Waals surface area contributed by atoms with Crippen LogP contribution in [0.1, 0.15) is 57.8 Å². The van der Waals surface area contributed by atoms with E-state index < -0.39 is 15.7 Å². The molecule has 5 N–H and O–H groups in total. The Bertz CT molecular complexity index is 451. The lowest BCUT2D eigenvalue weighted by Crippen LogP contribution is -2.60. The Balaban J connectivity index is 2.16. The lowest BCUT2D eigenvalue weighted by atomic mass is 9.84. The zero-order valence-electron chi connectivity index (χ0n) is 11.6. The first kappa shape index (κ1) is 15.5. The minimum Gasteiger partial charge on any atom is -0.409 e. The molecule has 116 valence electrons. The van der Waals surface area contributed by atoms with E-state index in [0.29, 0.717) is 12.8 Å². The lowest BCUT2D eigenvalue weighted by molar-refractivity contribution is 0.299. The van der Waals surface area contributed by atoms with Gasteiger partial charge in [0, 0.05) is 6.04 Å². The Kier molecular flexibility index (Phi) is 4.87. The van der Waals surface area contributed by atoms with Gasteiger partial charge in [-0.1, -0.05) is 37.3 Å². The van der Waals surface area contributed by atoms with E-state index in [4.69, 9.17) is 10.9 Å². The third-order valence-corrected chi connectivity index (χ3v) is 5.34. The quantitative estimate of drug-likeness (QED) is 0.260. The Labute approximate surface area is 120 Å². The molecule has 2 saturated carbocycles. The number of nitrogens with two attached hydrogens (primary N) is 1. The number of nitrogens with one attached hydrogen (secondary N) is 2. The highest BCUT2D eigenvalue weighted by molar-refractivity contribution is 7.87. The zero-order chi connectivity index (χ0) is 14.6. The standard InChI is InChI=1S/C12H24N4O3S/c13-11(14-17)12(8-4-2-1-3-5-9-12)16-20(18,19)15-10-6-7-10/h10,15-17H,1-9H2,(H2,13,14). The second-order valence-corrected chi connectivity index (χ2v) is 7.28. The molecule has 2 aliphatic rings. The maximum atomic E-state index is 12.2. The molecule has 0 saturated heterocycles. The normalized spacial score (nSPS) is 24.9. The summed E-state index contributed by atoms with van der Waals surface area (Å²) < 4.78 is 29.5. The van der Waals surface area contributed by atoms with Gasteiger partial charge in [0.05, 0.1) is 5.54 Å². The number of rotatable bonds is 5. The number of hydrogen-bond donors (Lipinski definition) is 4. The van der Waals surface area contributed by atoms with E-state index in [1.165, 1.54) is 0 Å². The van der Waals surface area contributed by atoms with Crippen molar-refractivity contribution in [2.45, 2.75) is 69.4 Å². The molecule has 0 aromatic heterocycles. The van der Waals surface area contributed by atoms with Crippen LogP contribution in [0.5, 0.6) is 0 Å². The zero-order valence-corrected chi connectivity index (χ0v) is 12.5. The van der Waals surface area contributed by atoms with Gasteiger partial charge in [-0.2, -0.15) is 17.9 Å². The molecule has 0 atom stereocenters. The molecular weight excluding hydrogens is 280 g/mol. The summed E-state index contributed by atoms with van der Waals surface area (Å²) in [7, 11) is -3.63. The predicted molar refractivity (Wildman–Crippen MR) is 76.7 cm³/mol. The van der Waals surface area contributed by atoms with Gasteiger partial charge in [0.15, 0.2) is 5.84 Å². The molecule has 0 unspecified atom stereocenters. The molecule has 0 heterocycles. The van der Waals surface area contributed by atoms with Crippen LogP contribution in [0, 0.1) is 0 Å². The van der Waals surface area contributed by atoms with Crippen LogP contribution in [0.2, 0.25) is 0 Å². The van der Waals surface area contributed by atoms with E-state index in [-0.39, 0.29) is 11.9 Å². The molecule has 0 aliphatic heterocycles. The molecule has 2 fully saturated rings. The molecule has 20 heavy (non-hydrogen) atoms. The smallest absolute Gasteiger partial charge is 0.278 e. The minimum atomic E-state index is -3.63. The van der Waals surface area contributed by atoms with E-state index >= 15 is 0 Å². The van der Waals surface area contributed by atoms with Gasteiger partial charge in [-0.15, -0.1) is 0 Å². The first-order chi connectivity index (χ1) is 9.47. The fourth-order valence-electron chi connectivity index (χ4n) is 2.72. The molecule has 0 spiro atoms. The summed E-state index contributed by atoms with van der Waals surface area (Å²) in [4.78, 5) is 0. The monoisotopic (exact) mass is 304 g/mol. The van der Waals surface area contributed by atoms with Gasteiger partial charge in [-0.25, -0.2) is 0 Å². The third kappa shape index (κ3) is 4.07. The van der Waals surface area contributed by atoms with Crippen LogP contribution in [0.25, 0.3) is 0 Å². The maximum absolute atomic E-state index is 12.2. The summed E-state index contributed by atoms with van der Waals surface area (Å²) in [5, 5.41) is 12.1. The van der Waals surface area contributed by atoms with Crippen molar-refractivity contribution in [1.82, 2.24) is 9.44 Å². The Morgan fingerprint density at radius 2 is 1.70 bits per heavy atom. The summed E-state index contributed by atoms with van der Waals surface area (Å²) in [6, 6.07) is 0.0328. The summed E-state index contributed by atoms with van der Waals surface area (Å²) in [6.45, 7) is 0. The molecule has 2 rings (SSSR count). The van der Waals surface area contributed by atoms with Crippen molar-refractivity contribution in [2.75, 3.05) is 0 Å². The second-order valence-electron chi connectivity index (χ2n) is 5.83. The van der Waals surface area contributed by atoms with Crippen molar-refractivity contribution in [3.8, 4) is 0 Å². The fourth-order valence-corrected chi connectivity index (χ4v) is 4.28. The Morgan fingerprint density at radius 1 is 1.15 bits per heavy atom. The number of hydrogen-bond acceptors (Lipinski definition) is 4. The summed E-state index contributed by atoms with van der Waals surface area (Å²) in [6.07, 6.45) is 7.83. The van der Waals surface area contributed by atoms with Gasteiger partial charge in [0.25, 0.3) is 10.2 Å². The highest BCUT2D eigenvalue weighted by Crippen LogP contribution is 2.28. The summed E-state index contributed by atoms with van der Waals surface area (Å²) in [5.41, 5.74) is 4.84. The third-order valence-electron chi connectivity index (χ3n) is 4.03. The average Bonchev–Trinajstić information content (AvgIpc) is 3.14.